The van der Waals surface area contributed by atoms with Crippen molar-refractivity contribution < 1.29 is 14.3 Å². The van der Waals surface area contributed by atoms with Crippen LogP contribution < -0.4 is 4.74 Å². The molecule has 1 fully saturated rings. The molecule has 1 aliphatic rings. The molecule has 1 aromatic carbocycles. The molecule has 0 aliphatic carbocycles. The van der Waals surface area contributed by atoms with Crippen LogP contribution >= 0.6 is 23.2 Å². The molecule has 5 nitrogen and oxygen atoms in total. The third kappa shape index (κ3) is 4.83. The van der Waals surface area contributed by atoms with Gasteiger partial charge in [0, 0.05) is 37.1 Å². The van der Waals surface area contributed by atoms with E-state index in [1.165, 1.54) is 0 Å². The highest BCUT2D eigenvalue weighted by Crippen LogP contribution is 2.26. The first-order valence-corrected chi connectivity index (χ1v) is 9.59. The van der Waals surface area contributed by atoms with Crippen LogP contribution in [0.3, 0.4) is 0 Å². The van der Waals surface area contributed by atoms with Crippen LogP contribution in [0.2, 0.25) is 5.02 Å². The van der Waals surface area contributed by atoms with Crippen LogP contribution in [0.4, 0.5) is 0 Å². The van der Waals surface area contributed by atoms with E-state index in [0.29, 0.717) is 37.0 Å². The fraction of sp³-hybridized carbons (Fsp3) is 0.579. The van der Waals surface area contributed by atoms with Crippen molar-refractivity contribution in [3.05, 3.63) is 28.3 Å². The van der Waals surface area contributed by atoms with Crippen LogP contribution in [0.25, 0.3) is 0 Å². The van der Waals surface area contributed by atoms with E-state index in [0.717, 1.165) is 11.1 Å². The molecule has 7 heteroatoms. The van der Waals surface area contributed by atoms with Crippen molar-refractivity contribution in [1.29, 1.82) is 0 Å². The van der Waals surface area contributed by atoms with E-state index in [9.17, 15) is 9.59 Å². The zero-order chi connectivity index (χ0) is 19.5. The fourth-order valence-corrected chi connectivity index (χ4v) is 3.09. The quantitative estimate of drug-likeness (QED) is 0.712. The minimum atomic E-state index is -0.582. The number of carbonyl (C=O) groups is 2. The molecule has 0 bridgehead atoms. The second-order valence-electron chi connectivity index (χ2n) is 7.35. The van der Waals surface area contributed by atoms with Crippen LogP contribution in [-0.4, -0.2) is 60.3 Å². The van der Waals surface area contributed by atoms with Crippen LogP contribution in [0.1, 0.15) is 25.0 Å². The molecule has 0 unspecified atom stereocenters. The summed E-state index contributed by atoms with van der Waals surface area (Å²) >= 11 is 12.0. The van der Waals surface area contributed by atoms with Gasteiger partial charge in [-0.05, 0) is 51.0 Å². The molecule has 2 rings (SSSR count). The van der Waals surface area contributed by atoms with Gasteiger partial charge in [-0.1, -0.05) is 11.6 Å². The van der Waals surface area contributed by atoms with E-state index in [1.54, 1.807) is 9.80 Å². The standard InChI is InChI=1S/C19H26Cl2N2O3/c1-13-9-15(10-14(2)17(13)21)26-11-16(24)22-5-7-23(8-6-22)18(25)19(3,4)12-20/h9-10H,5-8,11-12H2,1-4H3. The Morgan fingerprint density at radius 3 is 2.08 bits per heavy atom. The molecular weight excluding hydrogens is 375 g/mol. The van der Waals surface area contributed by atoms with Gasteiger partial charge in [0.05, 0.1) is 5.41 Å². The SMILES string of the molecule is Cc1cc(OCC(=O)N2CCN(C(=O)C(C)(C)CCl)CC2)cc(C)c1Cl. The zero-order valence-electron chi connectivity index (χ0n) is 15.8. The van der Waals surface area contributed by atoms with Gasteiger partial charge in [-0.3, -0.25) is 9.59 Å². The average molecular weight is 401 g/mol. The van der Waals surface area contributed by atoms with Gasteiger partial charge in [-0.25, -0.2) is 0 Å². The van der Waals surface area contributed by atoms with E-state index < -0.39 is 5.41 Å². The third-order valence-corrected chi connectivity index (χ3v) is 5.87. The predicted octanol–water partition coefficient (Wildman–Crippen LogP) is 3.27. The monoisotopic (exact) mass is 400 g/mol. The summed E-state index contributed by atoms with van der Waals surface area (Å²) in [6, 6.07) is 3.65. The van der Waals surface area contributed by atoms with E-state index in [1.807, 2.05) is 39.8 Å². The Morgan fingerprint density at radius 1 is 1.08 bits per heavy atom. The molecule has 0 saturated carbocycles. The van der Waals surface area contributed by atoms with Gasteiger partial charge in [0.15, 0.2) is 6.61 Å². The van der Waals surface area contributed by atoms with Gasteiger partial charge in [-0.2, -0.15) is 0 Å². The predicted molar refractivity (Wildman–Crippen MR) is 104 cm³/mol. The summed E-state index contributed by atoms with van der Waals surface area (Å²) in [5.41, 5.74) is 1.26. The van der Waals surface area contributed by atoms with Crippen LogP contribution in [-0.2, 0) is 9.59 Å². The molecule has 144 valence electrons. The summed E-state index contributed by atoms with van der Waals surface area (Å²) in [5, 5.41) is 0.712. The molecule has 0 spiro atoms. The second-order valence-corrected chi connectivity index (χ2v) is 8.00. The Bertz CT molecular complexity index is 660. The maximum absolute atomic E-state index is 12.4. The summed E-state index contributed by atoms with van der Waals surface area (Å²) in [6.07, 6.45) is 0. The van der Waals surface area contributed by atoms with Crippen molar-refractivity contribution in [1.82, 2.24) is 9.80 Å². The van der Waals surface area contributed by atoms with E-state index in [4.69, 9.17) is 27.9 Å². The lowest BCUT2D eigenvalue weighted by Gasteiger charge is -2.38. The van der Waals surface area contributed by atoms with Gasteiger partial charge >= 0.3 is 0 Å². The Morgan fingerprint density at radius 2 is 1.58 bits per heavy atom. The lowest BCUT2D eigenvalue weighted by molar-refractivity contribution is -0.145. The Hall–Kier alpha value is -1.46. The highest BCUT2D eigenvalue weighted by Gasteiger charge is 2.33. The summed E-state index contributed by atoms with van der Waals surface area (Å²) in [7, 11) is 0. The molecule has 0 aromatic heterocycles. The minimum Gasteiger partial charge on any atom is -0.484 e. The number of nitrogens with zero attached hydrogens (tertiary/aromatic N) is 2. The Labute approximate surface area is 165 Å². The Kier molecular flexibility index (Phi) is 6.80. The largest absolute Gasteiger partial charge is 0.484 e. The second kappa shape index (κ2) is 8.49. The lowest BCUT2D eigenvalue weighted by atomic mass is 9.94. The van der Waals surface area contributed by atoms with Crippen LogP contribution in [0.15, 0.2) is 12.1 Å². The zero-order valence-corrected chi connectivity index (χ0v) is 17.3. The first kappa shape index (κ1) is 20.8. The normalized spacial score (nSPS) is 15.2. The fourth-order valence-electron chi connectivity index (χ4n) is 2.87. The van der Waals surface area contributed by atoms with Crippen molar-refractivity contribution in [3.63, 3.8) is 0 Å². The number of benzene rings is 1. The number of carbonyl (C=O) groups excluding carboxylic acids is 2. The van der Waals surface area contributed by atoms with E-state index in [2.05, 4.69) is 0 Å². The maximum atomic E-state index is 12.4. The van der Waals surface area contributed by atoms with Crippen molar-refractivity contribution in [3.8, 4) is 5.75 Å². The number of hydrogen-bond donors (Lipinski definition) is 0. The molecule has 0 N–H and O–H groups in total. The number of rotatable bonds is 5. The first-order valence-electron chi connectivity index (χ1n) is 8.68. The van der Waals surface area contributed by atoms with Gasteiger partial charge < -0.3 is 14.5 Å². The number of aryl methyl sites for hydroxylation is 2. The number of hydrogen-bond acceptors (Lipinski definition) is 3. The molecule has 26 heavy (non-hydrogen) atoms. The van der Waals surface area contributed by atoms with Gasteiger partial charge in [0.25, 0.3) is 5.91 Å². The molecular formula is C19H26Cl2N2O3. The minimum absolute atomic E-state index is 0.0262. The molecule has 0 radical (unpaired) electrons. The number of halogens is 2. The van der Waals surface area contributed by atoms with Gasteiger partial charge in [0.2, 0.25) is 5.91 Å². The molecule has 2 amide bonds. The van der Waals surface area contributed by atoms with E-state index in [-0.39, 0.29) is 24.3 Å². The van der Waals surface area contributed by atoms with Crippen molar-refractivity contribution in [2.75, 3.05) is 38.7 Å². The topological polar surface area (TPSA) is 49.9 Å². The van der Waals surface area contributed by atoms with Crippen LogP contribution in [0.5, 0.6) is 5.75 Å². The summed E-state index contributed by atoms with van der Waals surface area (Å²) in [5.74, 6) is 0.857. The third-order valence-electron chi connectivity index (χ3n) is 4.60. The maximum Gasteiger partial charge on any atom is 0.260 e. The van der Waals surface area contributed by atoms with Crippen molar-refractivity contribution >= 4 is 35.0 Å². The van der Waals surface area contributed by atoms with Gasteiger partial charge in [0.1, 0.15) is 5.75 Å². The van der Waals surface area contributed by atoms with E-state index >= 15 is 0 Å². The van der Waals surface area contributed by atoms with Gasteiger partial charge in [-0.15, -0.1) is 11.6 Å². The molecule has 1 aromatic rings. The number of alkyl halides is 1. The highest BCUT2D eigenvalue weighted by atomic mass is 35.5. The average Bonchev–Trinajstić information content (AvgIpc) is 2.63. The molecule has 1 heterocycles. The Balaban J connectivity index is 1.86. The number of piperazine rings is 1. The van der Waals surface area contributed by atoms with Crippen LogP contribution in [0, 0.1) is 19.3 Å². The highest BCUT2D eigenvalue weighted by molar-refractivity contribution is 6.32. The number of ether oxygens (including phenoxy) is 1. The smallest absolute Gasteiger partial charge is 0.260 e. The summed E-state index contributed by atoms with van der Waals surface area (Å²) < 4.78 is 5.64. The lowest BCUT2D eigenvalue weighted by Crippen LogP contribution is -2.54. The molecule has 0 atom stereocenters. The summed E-state index contributed by atoms with van der Waals surface area (Å²) in [4.78, 5) is 28.3. The summed E-state index contributed by atoms with van der Waals surface area (Å²) in [6.45, 7) is 9.50. The number of amides is 2. The first-order chi connectivity index (χ1) is 12.2. The molecule has 1 saturated heterocycles. The van der Waals surface area contributed by atoms with Crippen molar-refractivity contribution in [2.24, 2.45) is 5.41 Å². The van der Waals surface area contributed by atoms with Crippen molar-refractivity contribution in [2.45, 2.75) is 27.7 Å². The molecule has 1 aliphatic heterocycles.